The standard InChI is InChI=1S/C18H26ClNO/c1-4-14-9-10-18(21)15(11-14)12-20(3)13(2)16-7-5-6-8-17(16)19/h5-8,13-15H,4,9-12H2,1-3H3. The van der Waals surface area contributed by atoms with Gasteiger partial charge in [-0.25, -0.2) is 0 Å². The fraction of sp³-hybridized carbons (Fsp3) is 0.611. The zero-order valence-electron chi connectivity index (χ0n) is 13.3. The maximum Gasteiger partial charge on any atom is 0.137 e. The highest BCUT2D eigenvalue weighted by Gasteiger charge is 2.29. The molecule has 1 aliphatic rings. The molecule has 0 amide bonds. The first-order valence-corrected chi connectivity index (χ1v) is 8.38. The Morgan fingerprint density at radius 2 is 2.10 bits per heavy atom. The number of halogens is 1. The second-order valence-corrected chi connectivity index (χ2v) is 6.76. The number of nitrogens with zero attached hydrogens (tertiary/aromatic N) is 1. The molecule has 0 heterocycles. The fourth-order valence-electron chi connectivity index (χ4n) is 3.31. The van der Waals surface area contributed by atoms with E-state index in [1.807, 2.05) is 18.2 Å². The Hall–Kier alpha value is -0.860. The van der Waals surface area contributed by atoms with Gasteiger partial charge >= 0.3 is 0 Å². The van der Waals surface area contributed by atoms with Crippen LogP contribution in [0.4, 0.5) is 0 Å². The van der Waals surface area contributed by atoms with Gasteiger partial charge in [0.15, 0.2) is 0 Å². The summed E-state index contributed by atoms with van der Waals surface area (Å²) in [6.45, 7) is 5.22. The molecule has 1 aliphatic carbocycles. The first kappa shape index (κ1) is 16.5. The fourth-order valence-corrected chi connectivity index (χ4v) is 3.60. The molecule has 1 fully saturated rings. The van der Waals surface area contributed by atoms with Gasteiger partial charge in [0.05, 0.1) is 0 Å². The lowest BCUT2D eigenvalue weighted by Crippen LogP contribution is -2.36. The lowest BCUT2D eigenvalue weighted by atomic mass is 9.79. The van der Waals surface area contributed by atoms with Crippen LogP contribution in [0.2, 0.25) is 5.02 Å². The minimum absolute atomic E-state index is 0.193. The molecule has 1 saturated carbocycles. The summed E-state index contributed by atoms with van der Waals surface area (Å²) in [5.74, 6) is 1.35. The summed E-state index contributed by atoms with van der Waals surface area (Å²) >= 11 is 6.29. The number of carbonyl (C=O) groups excluding carboxylic acids is 1. The van der Waals surface area contributed by atoms with E-state index in [4.69, 9.17) is 11.6 Å². The van der Waals surface area contributed by atoms with Gasteiger partial charge in [0.2, 0.25) is 0 Å². The van der Waals surface area contributed by atoms with Crippen LogP contribution in [0.5, 0.6) is 0 Å². The Balaban J connectivity index is 2.01. The summed E-state index contributed by atoms with van der Waals surface area (Å²) in [5.41, 5.74) is 1.14. The van der Waals surface area contributed by atoms with Gasteiger partial charge in [-0.3, -0.25) is 9.69 Å². The molecule has 2 rings (SSSR count). The minimum Gasteiger partial charge on any atom is -0.299 e. The van der Waals surface area contributed by atoms with Gasteiger partial charge in [0.25, 0.3) is 0 Å². The van der Waals surface area contributed by atoms with Gasteiger partial charge in [-0.05, 0) is 44.4 Å². The maximum atomic E-state index is 12.2. The average Bonchev–Trinajstić information content (AvgIpc) is 2.49. The summed E-state index contributed by atoms with van der Waals surface area (Å²) in [6.07, 6.45) is 4.08. The highest BCUT2D eigenvalue weighted by atomic mass is 35.5. The van der Waals surface area contributed by atoms with Gasteiger partial charge in [-0.1, -0.05) is 43.1 Å². The van der Waals surface area contributed by atoms with Crippen molar-refractivity contribution < 1.29 is 4.79 Å². The van der Waals surface area contributed by atoms with Crippen LogP contribution < -0.4 is 0 Å². The molecule has 3 heteroatoms. The number of benzene rings is 1. The molecule has 116 valence electrons. The van der Waals surface area contributed by atoms with Crippen LogP contribution in [0, 0.1) is 11.8 Å². The predicted octanol–water partition coefficient (Wildman–Crippen LogP) is 4.73. The molecule has 3 atom stereocenters. The Morgan fingerprint density at radius 1 is 1.38 bits per heavy atom. The zero-order chi connectivity index (χ0) is 15.4. The van der Waals surface area contributed by atoms with E-state index in [9.17, 15) is 4.79 Å². The molecule has 0 radical (unpaired) electrons. The van der Waals surface area contributed by atoms with Crippen molar-refractivity contribution in [3.05, 3.63) is 34.9 Å². The average molecular weight is 308 g/mol. The summed E-state index contributed by atoms with van der Waals surface area (Å²) in [7, 11) is 2.09. The highest BCUT2D eigenvalue weighted by Crippen LogP contribution is 2.32. The zero-order valence-corrected chi connectivity index (χ0v) is 14.1. The Morgan fingerprint density at radius 3 is 2.76 bits per heavy atom. The Bertz CT molecular complexity index is 488. The molecular weight excluding hydrogens is 282 g/mol. The van der Waals surface area contributed by atoms with Crippen molar-refractivity contribution in [2.24, 2.45) is 11.8 Å². The molecule has 0 N–H and O–H groups in total. The molecule has 2 nitrogen and oxygen atoms in total. The van der Waals surface area contributed by atoms with Crippen molar-refractivity contribution >= 4 is 17.4 Å². The first-order valence-electron chi connectivity index (χ1n) is 8.00. The van der Waals surface area contributed by atoms with Crippen LogP contribution in [0.3, 0.4) is 0 Å². The van der Waals surface area contributed by atoms with Crippen molar-refractivity contribution in [3.63, 3.8) is 0 Å². The summed E-state index contributed by atoms with van der Waals surface area (Å²) in [5, 5.41) is 0.804. The molecule has 1 aromatic rings. The molecular formula is C18H26ClNO. The Labute approximate surface area is 133 Å². The normalized spacial score (nSPS) is 24.3. The predicted molar refractivity (Wildman–Crippen MR) is 88.6 cm³/mol. The number of rotatable bonds is 5. The Kier molecular flexibility index (Phi) is 5.83. The van der Waals surface area contributed by atoms with E-state index in [0.29, 0.717) is 5.78 Å². The van der Waals surface area contributed by atoms with E-state index in [-0.39, 0.29) is 12.0 Å². The molecule has 0 saturated heterocycles. The van der Waals surface area contributed by atoms with Crippen molar-refractivity contribution in [1.29, 1.82) is 0 Å². The van der Waals surface area contributed by atoms with E-state index in [1.54, 1.807) is 0 Å². The number of carbonyl (C=O) groups is 1. The summed E-state index contributed by atoms with van der Waals surface area (Å²) < 4.78 is 0. The van der Waals surface area contributed by atoms with Crippen LogP contribution in [0.25, 0.3) is 0 Å². The first-order chi connectivity index (χ1) is 10.0. The van der Waals surface area contributed by atoms with Crippen LogP contribution >= 0.6 is 11.6 Å². The van der Waals surface area contributed by atoms with Crippen LogP contribution in [0.1, 0.15) is 51.1 Å². The summed E-state index contributed by atoms with van der Waals surface area (Å²) in [6, 6.07) is 8.20. The number of hydrogen-bond donors (Lipinski definition) is 0. The van der Waals surface area contributed by atoms with Crippen molar-refractivity contribution in [1.82, 2.24) is 4.90 Å². The van der Waals surface area contributed by atoms with Gasteiger partial charge in [-0.15, -0.1) is 0 Å². The SMILES string of the molecule is CCC1CCC(=O)C(CN(C)C(C)c2ccccc2Cl)C1. The largest absolute Gasteiger partial charge is 0.299 e. The number of ketones is 1. The monoisotopic (exact) mass is 307 g/mol. The number of Topliss-reactive ketones (excluding diaryl/α,β-unsaturated/α-hetero) is 1. The summed E-state index contributed by atoms with van der Waals surface area (Å²) in [4.78, 5) is 14.4. The van der Waals surface area contributed by atoms with Gasteiger partial charge < -0.3 is 0 Å². The smallest absolute Gasteiger partial charge is 0.137 e. The second kappa shape index (κ2) is 7.42. The van der Waals surface area contributed by atoms with E-state index in [0.717, 1.165) is 42.3 Å². The van der Waals surface area contributed by atoms with Crippen molar-refractivity contribution in [2.45, 2.75) is 45.6 Å². The van der Waals surface area contributed by atoms with Gasteiger partial charge in [0, 0.05) is 29.9 Å². The second-order valence-electron chi connectivity index (χ2n) is 6.35. The quantitative estimate of drug-likeness (QED) is 0.784. The lowest BCUT2D eigenvalue weighted by Gasteiger charge is -2.33. The molecule has 0 bridgehead atoms. The molecule has 21 heavy (non-hydrogen) atoms. The molecule has 1 aromatic carbocycles. The molecule has 3 unspecified atom stereocenters. The maximum absolute atomic E-state index is 12.2. The van der Waals surface area contributed by atoms with Gasteiger partial charge in [-0.2, -0.15) is 0 Å². The van der Waals surface area contributed by atoms with Crippen molar-refractivity contribution in [2.75, 3.05) is 13.6 Å². The van der Waals surface area contributed by atoms with Crippen LogP contribution in [-0.4, -0.2) is 24.3 Å². The molecule has 0 aromatic heterocycles. The van der Waals surface area contributed by atoms with E-state index in [2.05, 4.69) is 31.9 Å². The number of hydrogen-bond acceptors (Lipinski definition) is 2. The van der Waals surface area contributed by atoms with Crippen molar-refractivity contribution in [3.8, 4) is 0 Å². The highest BCUT2D eigenvalue weighted by molar-refractivity contribution is 6.31. The van der Waals surface area contributed by atoms with E-state index >= 15 is 0 Å². The van der Waals surface area contributed by atoms with E-state index < -0.39 is 0 Å². The molecule has 0 spiro atoms. The molecule has 0 aliphatic heterocycles. The third-order valence-electron chi connectivity index (χ3n) is 4.97. The lowest BCUT2D eigenvalue weighted by molar-refractivity contribution is -0.126. The van der Waals surface area contributed by atoms with Crippen LogP contribution in [-0.2, 0) is 4.79 Å². The minimum atomic E-state index is 0.193. The van der Waals surface area contributed by atoms with E-state index in [1.165, 1.54) is 6.42 Å². The van der Waals surface area contributed by atoms with Crippen LogP contribution in [0.15, 0.2) is 24.3 Å². The topological polar surface area (TPSA) is 20.3 Å². The third-order valence-corrected chi connectivity index (χ3v) is 5.32. The third kappa shape index (κ3) is 4.08. The van der Waals surface area contributed by atoms with Gasteiger partial charge in [0.1, 0.15) is 5.78 Å².